The van der Waals surface area contributed by atoms with Gasteiger partial charge in [0.2, 0.25) is 5.91 Å². The number of nitrogens with zero attached hydrogens (tertiary/aromatic N) is 4. The summed E-state index contributed by atoms with van der Waals surface area (Å²) >= 11 is 1.15. The lowest BCUT2D eigenvalue weighted by Crippen LogP contribution is -2.30. The zero-order chi connectivity index (χ0) is 19.0. The molecule has 4 rings (SSSR count). The van der Waals surface area contributed by atoms with Crippen molar-refractivity contribution in [2.24, 2.45) is 0 Å². The summed E-state index contributed by atoms with van der Waals surface area (Å²) in [6.45, 7) is 2.30. The molecular weight excluding hydrogens is 372 g/mol. The number of hydrogen-bond donors (Lipinski definition) is 0. The van der Waals surface area contributed by atoms with Crippen molar-refractivity contribution in [2.45, 2.75) is 18.6 Å². The summed E-state index contributed by atoms with van der Waals surface area (Å²) in [7, 11) is 0. The lowest BCUT2D eigenvalue weighted by molar-refractivity contribution is -0.384. The number of anilines is 1. The molecule has 27 heavy (non-hydrogen) atoms. The first-order valence-electron chi connectivity index (χ1n) is 8.11. The topological polar surface area (TPSA) is 116 Å². The van der Waals surface area contributed by atoms with E-state index in [0.29, 0.717) is 35.5 Å². The van der Waals surface area contributed by atoms with E-state index >= 15 is 0 Å². The number of amides is 1. The van der Waals surface area contributed by atoms with Crippen molar-refractivity contribution in [3.05, 3.63) is 52.0 Å². The Morgan fingerprint density at radius 2 is 2.22 bits per heavy atom. The Labute approximate surface area is 157 Å². The van der Waals surface area contributed by atoms with Gasteiger partial charge < -0.3 is 13.7 Å². The number of hydrogen-bond acceptors (Lipinski definition) is 8. The zero-order valence-electron chi connectivity index (χ0n) is 14.2. The minimum absolute atomic E-state index is 0.0327. The average molecular weight is 386 g/mol. The Morgan fingerprint density at radius 1 is 1.37 bits per heavy atom. The molecule has 0 fully saturated rings. The van der Waals surface area contributed by atoms with Crippen molar-refractivity contribution >= 4 is 29.0 Å². The van der Waals surface area contributed by atoms with Crippen molar-refractivity contribution in [1.82, 2.24) is 10.2 Å². The molecule has 0 saturated heterocycles. The number of benzene rings is 1. The van der Waals surface area contributed by atoms with Gasteiger partial charge in [-0.25, -0.2) is 0 Å². The van der Waals surface area contributed by atoms with Crippen LogP contribution in [-0.4, -0.2) is 33.3 Å². The summed E-state index contributed by atoms with van der Waals surface area (Å²) in [5.74, 6) is 1.03. The number of carbonyl (C=O) groups is 1. The van der Waals surface area contributed by atoms with Crippen molar-refractivity contribution in [1.29, 1.82) is 0 Å². The number of aromatic nitrogens is 2. The number of fused-ring (bicyclic) bond motifs is 1. The molecule has 0 aliphatic carbocycles. The molecule has 3 heterocycles. The van der Waals surface area contributed by atoms with Gasteiger partial charge in [0.1, 0.15) is 5.76 Å². The van der Waals surface area contributed by atoms with Crippen LogP contribution in [0, 0.1) is 17.0 Å². The molecule has 0 radical (unpaired) electrons. The lowest BCUT2D eigenvalue weighted by Gasteiger charge is -2.16. The highest BCUT2D eigenvalue weighted by Gasteiger charge is 2.27. The van der Waals surface area contributed by atoms with E-state index in [0.717, 1.165) is 22.9 Å². The molecule has 1 amide bonds. The monoisotopic (exact) mass is 386 g/mol. The first-order valence-corrected chi connectivity index (χ1v) is 9.10. The molecule has 9 nitrogen and oxygen atoms in total. The Kier molecular flexibility index (Phi) is 4.40. The molecule has 138 valence electrons. The van der Waals surface area contributed by atoms with Crippen LogP contribution in [0.15, 0.2) is 44.6 Å². The van der Waals surface area contributed by atoms with Gasteiger partial charge in [-0.2, -0.15) is 0 Å². The SMILES string of the molecule is Cc1occc1-c1nnc(SCC(=O)N2CCc3cc([N+](=O)[O-])ccc32)o1. The van der Waals surface area contributed by atoms with Crippen LogP contribution < -0.4 is 4.90 Å². The van der Waals surface area contributed by atoms with Gasteiger partial charge in [-0.1, -0.05) is 11.8 Å². The fourth-order valence-corrected chi connectivity index (χ4v) is 3.59. The van der Waals surface area contributed by atoms with Crippen LogP contribution in [0.5, 0.6) is 0 Å². The molecule has 0 N–H and O–H groups in total. The summed E-state index contributed by atoms with van der Waals surface area (Å²) in [6, 6.07) is 6.29. The van der Waals surface area contributed by atoms with Crippen molar-refractivity contribution in [3.63, 3.8) is 0 Å². The fourth-order valence-electron chi connectivity index (χ4n) is 2.95. The quantitative estimate of drug-likeness (QED) is 0.373. The van der Waals surface area contributed by atoms with E-state index in [2.05, 4.69) is 10.2 Å². The van der Waals surface area contributed by atoms with Crippen LogP contribution in [0.4, 0.5) is 11.4 Å². The van der Waals surface area contributed by atoms with Gasteiger partial charge in [0.05, 0.1) is 22.5 Å². The molecule has 1 aliphatic rings. The number of non-ortho nitro benzene ring substituents is 1. The summed E-state index contributed by atoms with van der Waals surface area (Å²) < 4.78 is 10.8. The van der Waals surface area contributed by atoms with Crippen LogP contribution in [-0.2, 0) is 11.2 Å². The number of nitro groups is 1. The van der Waals surface area contributed by atoms with Crippen molar-refractivity contribution in [2.75, 3.05) is 17.2 Å². The number of nitro benzene ring substituents is 1. The molecule has 2 aromatic heterocycles. The van der Waals surface area contributed by atoms with Crippen LogP contribution in [0.1, 0.15) is 11.3 Å². The van der Waals surface area contributed by atoms with Gasteiger partial charge in [0.15, 0.2) is 0 Å². The van der Waals surface area contributed by atoms with Crippen LogP contribution >= 0.6 is 11.8 Å². The Bertz CT molecular complexity index is 1030. The van der Waals surface area contributed by atoms with Gasteiger partial charge >= 0.3 is 0 Å². The maximum atomic E-state index is 12.6. The molecule has 10 heteroatoms. The molecule has 0 spiro atoms. The van der Waals surface area contributed by atoms with E-state index in [1.165, 1.54) is 12.1 Å². The Hall–Kier alpha value is -3.14. The second kappa shape index (κ2) is 6.88. The second-order valence-corrected chi connectivity index (χ2v) is 6.84. The third kappa shape index (κ3) is 3.31. The number of carbonyl (C=O) groups excluding carboxylic acids is 1. The number of rotatable bonds is 5. The van der Waals surface area contributed by atoms with Crippen LogP contribution in [0.3, 0.4) is 0 Å². The van der Waals surface area contributed by atoms with Gasteiger partial charge in [0.25, 0.3) is 16.8 Å². The second-order valence-electron chi connectivity index (χ2n) is 5.92. The third-order valence-corrected chi connectivity index (χ3v) is 5.09. The Morgan fingerprint density at radius 3 is 2.96 bits per heavy atom. The fraction of sp³-hybridized carbons (Fsp3) is 0.235. The summed E-state index contributed by atoms with van der Waals surface area (Å²) in [4.78, 5) is 24.6. The molecule has 3 aromatic rings. The number of aryl methyl sites for hydroxylation is 1. The van der Waals surface area contributed by atoms with E-state index < -0.39 is 4.92 Å². The minimum Gasteiger partial charge on any atom is -0.469 e. The first-order chi connectivity index (χ1) is 13.0. The molecule has 0 bridgehead atoms. The summed E-state index contributed by atoms with van der Waals surface area (Å²) in [6.07, 6.45) is 2.14. The molecule has 1 aromatic carbocycles. The molecule has 0 saturated carbocycles. The predicted octanol–water partition coefficient (Wildman–Crippen LogP) is 3.23. The van der Waals surface area contributed by atoms with E-state index in [1.54, 1.807) is 30.2 Å². The molecule has 0 unspecified atom stereocenters. The van der Waals surface area contributed by atoms with E-state index in [-0.39, 0.29) is 17.3 Å². The Balaban J connectivity index is 1.42. The highest BCUT2D eigenvalue weighted by molar-refractivity contribution is 7.99. The standard InChI is InChI=1S/C17H14N4O5S/c1-10-13(5-7-25-10)16-18-19-17(26-16)27-9-15(22)20-6-4-11-8-12(21(23)24)2-3-14(11)20/h2-3,5,7-8H,4,6,9H2,1H3. The number of furan rings is 1. The largest absolute Gasteiger partial charge is 0.469 e. The maximum absolute atomic E-state index is 12.6. The minimum atomic E-state index is -0.435. The van der Waals surface area contributed by atoms with Gasteiger partial charge in [-0.15, -0.1) is 10.2 Å². The zero-order valence-corrected chi connectivity index (χ0v) is 15.1. The van der Waals surface area contributed by atoms with E-state index in [4.69, 9.17) is 8.83 Å². The normalized spacial score (nSPS) is 13.0. The average Bonchev–Trinajstić information content (AvgIpc) is 3.38. The smallest absolute Gasteiger partial charge is 0.277 e. The predicted molar refractivity (Wildman–Crippen MR) is 96.6 cm³/mol. The molecule has 1 aliphatic heterocycles. The first kappa shape index (κ1) is 17.3. The van der Waals surface area contributed by atoms with Gasteiger partial charge in [0, 0.05) is 24.4 Å². The van der Waals surface area contributed by atoms with Crippen LogP contribution in [0.25, 0.3) is 11.5 Å². The maximum Gasteiger partial charge on any atom is 0.277 e. The van der Waals surface area contributed by atoms with Crippen LogP contribution in [0.2, 0.25) is 0 Å². The van der Waals surface area contributed by atoms with E-state index in [1.807, 2.05) is 0 Å². The highest BCUT2D eigenvalue weighted by Crippen LogP contribution is 2.32. The molecular formula is C17H14N4O5S. The third-order valence-electron chi connectivity index (χ3n) is 4.29. The van der Waals surface area contributed by atoms with Crippen molar-refractivity contribution in [3.8, 4) is 11.5 Å². The summed E-state index contributed by atoms with van der Waals surface area (Å²) in [5, 5.41) is 19.1. The van der Waals surface area contributed by atoms with Gasteiger partial charge in [-0.3, -0.25) is 14.9 Å². The molecule has 0 atom stereocenters. The number of thioether (sulfide) groups is 1. The van der Waals surface area contributed by atoms with Gasteiger partial charge in [-0.05, 0) is 31.0 Å². The van der Waals surface area contributed by atoms with Crippen molar-refractivity contribution < 1.29 is 18.6 Å². The lowest BCUT2D eigenvalue weighted by atomic mass is 10.1. The van der Waals surface area contributed by atoms with E-state index in [9.17, 15) is 14.9 Å². The highest BCUT2D eigenvalue weighted by atomic mass is 32.2. The summed E-state index contributed by atoms with van der Waals surface area (Å²) in [5.41, 5.74) is 2.27.